The Bertz CT molecular complexity index is 665. The Hall–Kier alpha value is -2.12. The molecule has 0 aliphatic carbocycles. The van der Waals surface area contributed by atoms with Gasteiger partial charge in [-0.25, -0.2) is 0 Å². The fourth-order valence-corrected chi connectivity index (χ4v) is 4.19. The molecule has 0 saturated carbocycles. The van der Waals surface area contributed by atoms with Gasteiger partial charge < -0.3 is 19.9 Å². The smallest absolute Gasteiger partial charge is 0.325 e. The number of nitrogens with one attached hydrogen (secondary N) is 1. The summed E-state index contributed by atoms with van der Waals surface area (Å²) in [6.07, 6.45) is 3.95. The zero-order valence-corrected chi connectivity index (χ0v) is 17.7. The average Bonchev–Trinajstić information content (AvgIpc) is 2.77. The second kappa shape index (κ2) is 10.6. The number of amides is 1. The highest BCUT2D eigenvalue weighted by Gasteiger charge is 2.20. The van der Waals surface area contributed by atoms with Gasteiger partial charge in [0.1, 0.15) is 6.54 Å². The lowest BCUT2D eigenvalue weighted by Gasteiger charge is -2.37. The van der Waals surface area contributed by atoms with Gasteiger partial charge in [-0.05, 0) is 69.1 Å². The van der Waals surface area contributed by atoms with Crippen molar-refractivity contribution in [3.05, 3.63) is 24.3 Å². The number of anilines is 2. The number of carbonyl (C=O) groups excluding carboxylic acids is 2. The zero-order valence-electron chi connectivity index (χ0n) is 17.7. The maximum absolute atomic E-state index is 11.9. The molecule has 1 aromatic carbocycles. The van der Waals surface area contributed by atoms with Crippen LogP contribution in [0.4, 0.5) is 11.4 Å². The van der Waals surface area contributed by atoms with E-state index in [0.717, 1.165) is 37.8 Å². The quantitative estimate of drug-likeness (QED) is 0.701. The zero-order chi connectivity index (χ0) is 20.6. The van der Waals surface area contributed by atoms with Crippen LogP contribution in [-0.2, 0) is 14.3 Å². The van der Waals surface area contributed by atoms with Crippen molar-refractivity contribution in [1.82, 2.24) is 10.2 Å². The molecular weight excluding hydrogens is 368 g/mol. The van der Waals surface area contributed by atoms with Gasteiger partial charge in [0.15, 0.2) is 0 Å². The molecule has 0 atom stereocenters. The number of nitrogens with zero attached hydrogens (tertiary/aromatic N) is 3. The lowest BCUT2D eigenvalue weighted by atomic mass is 9.94. The third-order valence-corrected chi connectivity index (χ3v) is 6.11. The van der Waals surface area contributed by atoms with Crippen molar-refractivity contribution in [3.8, 4) is 0 Å². The summed E-state index contributed by atoms with van der Waals surface area (Å²) >= 11 is 0. The van der Waals surface area contributed by atoms with Crippen molar-refractivity contribution >= 4 is 23.3 Å². The van der Waals surface area contributed by atoms with Crippen molar-refractivity contribution in [2.45, 2.75) is 26.2 Å². The highest BCUT2D eigenvalue weighted by atomic mass is 16.5. The normalized spacial score (nSPS) is 18.5. The van der Waals surface area contributed by atoms with E-state index < -0.39 is 5.97 Å². The van der Waals surface area contributed by atoms with Gasteiger partial charge in [0.2, 0.25) is 5.91 Å². The molecule has 2 saturated heterocycles. The SMILES string of the molecule is COC(=O)CN(C(C)=O)c1ccc(N2CCN(CCC3CCNCC3)CC2)cc1. The van der Waals surface area contributed by atoms with E-state index in [9.17, 15) is 9.59 Å². The third kappa shape index (κ3) is 6.18. The van der Waals surface area contributed by atoms with Gasteiger partial charge in [0.25, 0.3) is 0 Å². The van der Waals surface area contributed by atoms with Crippen molar-refractivity contribution in [2.24, 2.45) is 5.92 Å². The molecule has 0 unspecified atom stereocenters. The largest absolute Gasteiger partial charge is 0.468 e. The summed E-state index contributed by atoms with van der Waals surface area (Å²) in [6.45, 7) is 9.17. The number of ether oxygens (including phenoxy) is 1. The average molecular weight is 403 g/mol. The molecule has 0 bridgehead atoms. The second-order valence-corrected chi connectivity index (χ2v) is 8.01. The van der Waals surface area contributed by atoms with E-state index in [1.54, 1.807) is 0 Å². The van der Waals surface area contributed by atoms with Crippen LogP contribution in [0.15, 0.2) is 24.3 Å². The van der Waals surface area contributed by atoms with Gasteiger partial charge in [-0.3, -0.25) is 14.5 Å². The molecule has 1 aromatic rings. The van der Waals surface area contributed by atoms with Gasteiger partial charge in [0.05, 0.1) is 7.11 Å². The molecule has 3 rings (SSSR count). The third-order valence-electron chi connectivity index (χ3n) is 6.11. The summed E-state index contributed by atoms with van der Waals surface area (Å²) in [4.78, 5) is 29.9. The summed E-state index contributed by atoms with van der Waals surface area (Å²) in [6, 6.07) is 7.88. The van der Waals surface area contributed by atoms with E-state index in [-0.39, 0.29) is 12.5 Å². The first-order valence-electron chi connectivity index (χ1n) is 10.7. The molecule has 7 heteroatoms. The van der Waals surface area contributed by atoms with Crippen molar-refractivity contribution in [3.63, 3.8) is 0 Å². The highest BCUT2D eigenvalue weighted by molar-refractivity contribution is 5.96. The van der Waals surface area contributed by atoms with E-state index in [1.807, 2.05) is 24.3 Å². The van der Waals surface area contributed by atoms with Gasteiger partial charge in [0, 0.05) is 44.5 Å². The van der Waals surface area contributed by atoms with E-state index in [2.05, 4.69) is 15.1 Å². The van der Waals surface area contributed by atoms with Crippen LogP contribution in [0.3, 0.4) is 0 Å². The van der Waals surface area contributed by atoms with Crippen LogP contribution in [0.2, 0.25) is 0 Å². The predicted octanol–water partition coefficient (Wildman–Crippen LogP) is 1.72. The molecule has 2 aliphatic rings. The lowest BCUT2D eigenvalue weighted by molar-refractivity contribution is -0.139. The highest BCUT2D eigenvalue weighted by Crippen LogP contribution is 2.23. The number of hydrogen-bond donors (Lipinski definition) is 1. The van der Waals surface area contributed by atoms with Crippen molar-refractivity contribution < 1.29 is 14.3 Å². The number of hydrogen-bond acceptors (Lipinski definition) is 6. The van der Waals surface area contributed by atoms with Crippen molar-refractivity contribution in [2.75, 3.05) is 69.3 Å². The summed E-state index contributed by atoms with van der Waals surface area (Å²) < 4.78 is 4.69. The molecule has 7 nitrogen and oxygen atoms in total. The van der Waals surface area contributed by atoms with Crippen LogP contribution in [-0.4, -0.2) is 76.2 Å². The predicted molar refractivity (Wildman–Crippen MR) is 115 cm³/mol. The van der Waals surface area contributed by atoms with Crippen molar-refractivity contribution in [1.29, 1.82) is 0 Å². The monoisotopic (exact) mass is 402 g/mol. The number of rotatable bonds is 7. The Kier molecular flexibility index (Phi) is 7.89. The Morgan fingerprint density at radius 2 is 1.76 bits per heavy atom. The Morgan fingerprint density at radius 3 is 2.34 bits per heavy atom. The fourth-order valence-electron chi connectivity index (χ4n) is 4.19. The van der Waals surface area contributed by atoms with Gasteiger partial charge in [-0.2, -0.15) is 0 Å². The molecule has 0 spiro atoms. The Labute approximate surface area is 174 Å². The van der Waals surface area contributed by atoms with Crippen LogP contribution in [0, 0.1) is 5.92 Å². The topological polar surface area (TPSA) is 65.1 Å². The van der Waals surface area contributed by atoms with Crippen LogP contribution in [0.5, 0.6) is 0 Å². The molecule has 1 N–H and O–H groups in total. The Morgan fingerprint density at radius 1 is 1.10 bits per heavy atom. The van der Waals surface area contributed by atoms with Crippen LogP contribution in [0.25, 0.3) is 0 Å². The first-order chi connectivity index (χ1) is 14.1. The van der Waals surface area contributed by atoms with Crippen LogP contribution >= 0.6 is 0 Å². The van der Waals surface area contributed by atoms with Gasteiger partial charge in [-0.15, -0.1) is 0 Å². The van der Waals surface area contributed by atoms with Gasteiger partial charge >= 0.3 is 5.97 Å². The molecule has 29 heavy (non-hydrogen) atoms. The summed E-state index contributed by atoms with van der Waals surface area (Å²) in [5.74, 6) is 0.284. The van der Waals surface area contributed by atoms with E-state index in [4.69, 9.17) is 4.74 Å². The molecule has 0 radical (unpaired) electrons. The molecule has 1 amide bonds. The lowest BCUT2D eigenvalue weighted by Crippen LogP contribution is -2.47. The molecule has 2 heterocycles. The van der Waals surface area contributed by atoms with Crippen LogP contribution < -0.4 is 15.1 Å². The minimum absolute atomic E-state index is 0.0685. The maximum atomic E-state index is 11.9. The first-order valence-corrected chi connectivity index (χ1v) is 10.7. The number of piperazine rings is 1. The first kappa shape index (κ1) is 21.6. The molecule has 0 aromatic heterocycles. The Balaban J connectivity index is 1.49. The minimum Gasteiger partial charge on any atom is -0.468 e. The number of carbonyl (C=O) groups is 2. The maximum Gasteiger partial charge on any atom is 0.325 e. The number of methoxy groups -OCH3 is 1. The molecular formula is C22H34N4O3. The number of benzene rings is 1. The molecule has 2 aliphatic heterocycles. The summed E-state index contributed by atoms with van der Waals surface area (Å²) in [7, 11) is 1.33. The molecule has 160 valence electrons. The second-order valence-electron chi connectivity index (χ2n) is 8.01. The number of esters is 1. The fraction of sp³-hybridized carbons (Fsp3) is 0.636. The molecule has 2 fully saturated rings. The van der Waals surface area contributed by atoms with E-state index in [1.165, 1.54) is 57.8 Å². The summed E-state index contributed by atoms with van der Waals surface area (Å²) in [5.41, 5.74) is 1.88. The van der Waals surface area contributed by atoms with Gasteiger partial charge in [-0.1, -0.05) is 0 Å². The minimum atomic E-state index is -0.426. The number of piperidine rings is 1. The van der Waals surface area contributed by atoms with E-state index >= 15 is 0 Å². The summed E-state index contributed by atoms with van der Waals surface area (Å²) in [5, 5.41) is 3.44. The standard InChI is InChI=1S/C22H34N4O3/c1-18(27)26(17-22(28)29-2)21-5-3-20(4-6-21)25-15-13-24(14-16-25)12-9-19-7-10-23-11-8-19/h3-6,19,23H,7-17H2,1-2H3. The van der Waals surface area contributed by atoms with Crippen LogP contribution in [0.1, 0.15) is 26.2 Å². The van der Waals surface area contributed by atoms with E-state index in [0.29, 0.717) is 5.69 Å².